The predicted molar refractivity (Wildman–Crippen MR) is 75.7 cm³/mol. The molecule has 1 aliphatic heterocycles. The van der Waals surface area contributed by atoms with E-state index in [4.69, 9.17) is 0 Å². The Morgan fingerprint density at radius 3 is 2.80 bits per heavy atom. The molecule has 1 atom stereocenters. The van der Waals surface area contributed by atoms with Crippen molar-refractivity contribution in [2.24, 2.45) is 5.92 Å². The van der Waals surface area contributed by atoms with Crippen LogP contribution in [0.2, 0.25) is 0 Å². The Labute approximate surface area is 119 Å². The first-order valence-corrected chi connectivity index (χ1v) is 6.85. The summed E-state index contributed by atoms with van der Waals surface area (Å²) in [5, 5.41) is 2.93. The van der Waals surface area contributed by atoms with Gasteiger partial charge in [-0.05, 0) is 32.9 Å². The third kappa shape index (κ3) is 3.79. The number of amides is 2. The van der Waals surface area contributed by atoms with Crippen molar-refractivity contribution in [2.45, 2.75) is 39.3 Å². The molecule has 0 spiro atoms. The summed E-state index contributed by atoms with van der Waals surface area (Å²) in [6.07, 6.45) is 1.99. The van der Waals surface area contributed by atoms with E-state index >= 15 is 0 Å². The van der Waals surface area contributed by atoms with Crippen LogP contribution in [-0.4, -0.2) is 33.8 Å². The molecule has 0 aromatic carbocycles. The van der Waals surface area contributed by atoms with E-state index in [1.807, 2.05) is 39.0 Å². The van der Waals surface area contributed by atoms with Crippen molar-refractivity contribution in [3.8, 4) is 0 Å². The first-order valence-electron chi connectivity index (χ1n) is 6.85. The van der Waals surface area contributed by atoms with Crippen LogP contribution in [0.15, 0.2) is 24.4 Å². The summed E-state index contributed by atoms with van der Waals surface area (Å²) in [5.74, 6) is -0.287. The standard InChI is InChI=1S/C15H21N3O2/c1-15(2,3)17-14(20)11-8-13(19)18(9-11)10-12-6-4-5-7-16-12/h4-7,11H,8-10H2,1-3H3,(H,17,20)/t11-/m1/s1. The van der Waals surface area contributed by atoms with E-state index in [9.17, 15) is 9.59 Å². The molecule has 5 heteroatoms. The maximum absolute atomic E-state index is 12.1. The molecule has 0 aliphatic carbocycles. The number of carbonyl (C=O) groups is 2. The van der Waals surface area contributed by atoms with E-state index in [2.05, 4.69) is 10.3 Å². The highest BCUT2D eigenvalue weighted by Gasteiger charge is 2.35. The minimum absolute atomic E-state index is 0.0183. The first kappa shape index (κ1) is 14.5. The van der Waals surface area contributed by atoms with Gasteiger partial charge in [-0.2, -0.15) is 0 Å². The fourth-order valence-electron chi connectivity index (χ4n) is 2.26. The summed E-state index contributed by atoms with van der Waals surface area (Å²) < 4.78 is 0. The van der Waals surface area contributed by atoms with E-state index in [1.54, 1.807) is 11.1 Å². The molecule has 2 heterocycles. The molecule has 2 rings (SSSR count). The zero-order valence-corrected chi connectivity index (χ0v) is 12.2. The molecule has 1 saturated heterocycles. The van der Waals surface area contributed by atoms with Gasteiger partial charge in [0.1, 0.15) is 0 Å². The number of hydrogen-bond donors (Lipinski definition) is 1. The van der Waals surface area contributed by atoms with Crippen LogP contribution >= 0.6 is 0 Å². The highest BCUT2D eigenvalue weighted by Crippen LogP contribution is 2.20. The average Bonchev–Trinajstić information content (AvgIpc) is 2.70. The van der Waals surface area contributed by atoms with Crippen molar-refractivity contribution in [1.82, 2.24) is 15.2 Å². The third-order valence-corrected chi connectivity index (χ3v) is 3.16. The van der Waals surface area contributed by atoms with Crippen molar-refractivity contribution in [3.05, 3.63) is 30.1 Å². The van der Waals surface area contributed by atoms with E-state index in [-0.39, 0.29) is 29.7 Å². The van der Waals surface area contributed by atoms with Gasteiger partial charge < -0.3 is 10.2 Å². The van der Waals surface area contributed by atoms with E-state index < -0.39 is 0 Å². The lowest BCUT2D eigenvalue weighted by atomic mass is 10.0. The van der Waals surface area contributed by atoms with Crippen molar-refractivity contribution in [1.29, 1.82) is 0 Å². The fraction of sp³-hybridized carbons (Fsp3) is 0.533. The average molecular weight is 275 g/mol. The molecule has 0 saturated carbocycles. The predicted octanol–water partition coefficient (Wildman–Crippen LogP) is 1.34. The molecule has 2 amide bonds. The Morgan fingerprint density at radius 2 is 2.20 bits per heavy atom. The van der Waals surface area contributed by atoms with Gasteiger partial charge in [-0.25, -0.2) is 0 Å². The number of likely N-dealkylation sites (tertiary alicyclic amines) is 1. The Bertz CT molecular complexity index is 494. The second-order valence-corrected chi connectivity index (χ2v) is 6.24. The Balaban J connectivity index is 1.95. The molecule has 5 nitrogen and oxygen atoms in total. The molecule has 1 aromatic heterocycles. The second-order valence-electron chi connectivity index (χ2n) is 6.24. The number of pyridine rings is 1. The minimum Gasteiger partial charge on any atom is -0.351 e. The van der Waals surface area contributed by atoms with E-state index in [0.717, 1.165) is 5.69 Å². The number of nitrogens with one attached hydrogen (secondary N) is 1. The zero-order valence-electron chi connectivity index (χ0n) is 12.2. The van der Waals surface area contributed by atoms with Crippen LogP contribution in [0.3, 0.4) is 0 Å². The van der Waals surface area contributed by atoms with Gasteiger partial charge in [-0.1, -0.05) is 6.07 Å². The molecule has 1 fully saturated rings. The molecule has 0 radical (unpaired) electrons. The molecular formula is C15H21N3O2. The van der Waals surface area contributed by atoms with Crippen molar-refractivity contribution >= 4 is 11.8 Å². The number of nitrogens with zero attached hydrogens (tertiary/aromatic N) is 2. The van der Waals surface area contributed by atoms with E-state index in [0.29, 0.717) is 13.1 Å². The number of rotatable bonds is 3. The Morgan fingerprint density at radius 1 is 1.45 bits per heavy atom. The first-order chi connectivity index (χ1) is 9.35. The Hall–Kier alpha value is -1.91. The number of aromatic nitrogens is 1. The van der Waals surface area contributed by atoms with Gasteiger partial charge >= 0.3 is 0 Å². The normalized spacial score (nSPS) is 19.2. The fourth-order valence-corrected chi connectivity index (χ4v) is 2.26. The van der Waals surface area contributed by atoms with Crippen LogP contribution in [0.4, 0.5) is 0 Å². The maximum Gasteiger partial charge on any atom is 0.225 e. The third-order valence-electron chi connectivity index (χ3n) is 3.16. The van der Waals surface area contributed by atoms with Gasteiger partial charge in [-0.3, -0.25) is 14.6 Å². The quantitative estimate of drug-likeness (QED) is 0.905. The largest absolute Gasteiger partial charge is 0.351 e. The van der Waals surface area contributed by atoms with Gasteiger partial charge in [0, 0.05) is 24.7 Å². The molecule has 1 aromatic rings. The molecule has 108 valence electrons. The lowest BCUT2D eigenvalue weighted by molar-refractivity contribution is -0.129. The van der Waals surface area contributed by atoms with Gasteiger partial charge in [0.2, 0.25) is 11.8 Å². The summed E-state index contributed by atoms with van der Waals surface area (Å²) in [7, 11) is 0. The lowest BCUT2D eigenvalue weighted by Crippen LogP contribution is -2.44. The number of hydrogen-bond acceptors (Lipinski definition) is 3. The van der Waals surface area contributed by atoms with Crippen molar-refractivity contribution in [2.75, 3.05) is 6.54 Å². The van der Waals surface area contributed by atoms with Crippen LogP contribution in [-0.2, 0) is 16.1 Å². The second kappa shape index (κ2) is 5.61. The van der Waals surface area contributed by atoms with Crippen LogP contribution in [0.1, 0.15) is 32.9 Å². The SMILES string of the molecule is CC(C)(C)NC(=O)[C@@H]1CC(=O)N(Cc2ccccn2)C1. The summed E-state index contributed by atoms with van der Waals surface area (Å²) >= 11 is 0. The Kier molecular flexibility index (Phi) is 4.06. The molecule has 1 aliphatic rings. The molecule has 0 unspecified atom stereocenters. The molecule has 1 N–H and O–H groups in total. The monoisotopic (exact) mass is 275 g/mol. The van der Waals surface area contributed by atoms with Crippen molar-refractivity contribution < 1.29 is 9.59 Å². The summed E-state index contributed by atoms with van der Waals surface area (Å²) in [5.41, 5.74) is 0.576. The van der Waals surface area contributed by atoms with Gasteiger partial charge in [0.15, 0.2) is 0 Å². The summed E-state index contributed by atoms with van der Waals surface area (Å²) in [6, 6.07) is 5.62. The highest BCUT2D eigenvalue weighted by molar-refractivity contribution is 5.89. The van der Waals surface area contributed by atoms with Gasteiger partial charge in [0.25, 0.3) is 0 Å². The van der Waals surface area contributed by atoms with Gasteiger partial charge in [-0.15, -0.1) is 0 Å². The highest BCUT2D eigenvalue weighted by atomic mass is 16.2. The van der Waals surface area contributed by atoms with Crippen LogP contribution in [0, 0.1) is 5.92 Å². The van der Waals surface area contributed by atoms with Crippen LogP contribution < -0.4 is 5.32 Å². The topological polar surface area (TPSA) is 62.3 Å². The van der Waals surface area contributed by atoms with Crippen LogP contribution in [0.5, 0.6) is 0 Å². The zero-order chi connectivity index (χ0) is 14.8. The molecule has 20 heavy (non-hydrogen) atoms. The van der Waals surface area contributed by atoms with E-state index in [1.165, 1.54) is 0 Å². The number of carbonyl (C=O) groups excluding carboxylic acids is 2. The summed E-state index contributed by atoms with van der Waals surface area (Å²) in [4.78, 5) is 30.0. The maximum atomic E-state index is 12.1. The molecule has 0 bridgehead atoms. The van der Waals surface area contributed by atoms with Crippen LogP contribution in [0.25, 0.3) is 0 Å². The summed E-state index contributed by atoms with van der Waals surface area (Å²) in [6.45, 7) is 6.75. The smallest absolute Gasteiger partial charge is 0.225 e. The minimum atomic E-state index is -0.269. The lowest BCUT2D eigenvalue weighted by Gasteiger charge is -2.23. The van der Waals surface area contributed by atoms with Gasteiger partial charge in [0.05, 0.1) is 18.2 Å². The van der Waals surface area contributed by atoms with Crippen molar-refractivity contribution in [3.63, 3.8) is 0 Å². The molecular weight excluding hydrogens is 254 g/mol.